The number of carbonyl (C=O) groups excluding carboxylic acids is 1. The number of likely N-dealkylation sites (tertiary alicyclic amines) is 1. The monoisotopic (exact) mass is 380 g/mol. The lowest BCUT2D eigenvalue weighted by Crippen LogP contribution is -2.45. The van der Waals surface area contributed by atoms with Crippen LogP contribution in [0.1, 0.15) is 31.2 Å². The second kappa shape index (κ2) is 8.79. The number of halogens is 1. The van der Waals surface area contributed by atoms with Gasteiger partial charge in [0.25, 0.3) is 5.69 Å². The summed E-state index contributed by atoms with van der Waals surface area (Å²) in [5, 5.41) is 18.0. The molecule has 1 amide bonds. The smallest absolute Gasteiger partial charge is 0.273 e. The van der Waals surface area contributed by atoms with Crippen LogP contribution in [-0.2, 0) is 11.3 Å². The van der Waals surface area contributed by atoms with Crippen molar-refractivity contribution in [3.63, 3.8) is 0 Å². The van der Waals surface area contributed by atoms with Crippen LogP contribution in [0.3, 0.4) is 0 Å². The Morgan fingerprint density at radius 1 is 1.38 bits per heavy atom. The van der Waals surface area contributed by atoms with Gasteiger partial charge < -0.3 is 10.6 Å². The van der Waals surface area contributed by atoms with E-state index in [4.69, 9.17) is 11.6 Å². The molecule has 2 heterocycles. The molecule has 0 saturated carbocycles. The molecular weight excluding hydrogens is 356 g/mol. The standard InChI is InChI=1S/C18H25ClN4O3/c19-15-5-6-17(23(25)26)14(9-15)12-22-8-2-3-13(11-22)10-21-18(24)16-4-1-7-20-16/h5-6,9,13,16,20H,1-4,7-8,10-12H2,(H,21,24). The average Bonchev–Trinajstić information content (AvgIpc) is 3.14. The molecule has 2 N–H and O–H groups in total. The van der Waals surface area contributed by atoms with E-state index in [1.54, 1.807) is 12.1 Å². The highest BCUT2D eigenvalue weighted by atomic mass is 35.5. The van der Waals surface area contributed by atoms with Crippen LogP contribution >= 0.6 is 11.6 Å². The molecule has 1 aromatic rings. The van der Waals surface area contributed by atoms with Crippen LogP contribution in [0.5, 0.6) is 0 Å². The zero-order valence-corrected chi connectivity index (χ0v) is 15.5. The van der Waals surface area contributed by atoms with Gasteiger partial charge in [-0.05, 0) is 56.8 Å². The third-order valence-corrected chi connectivity index (χ3v) is 5.41. The summed E-state index contributed by atoms with van der Waals surface area (Å²) >= 11 is 6.02. The maximum absolute atomic E-state index is 12.1. The molecule has 0 aliphatic carbocycles. The van der Waals surface area contributed by atoms with E-state index in [9.17, 15) is 14.9 Å². The largest absolute Gasteiger partial charge is 0.354 e. The number of nitrogens with one attached hydrogen (secondary N) is 2. The highest BCUT2D eigenvalue weighted by Crippen LogP contribution is 2.26. The second-order valence-electron chi connectivity index (χ2n) is 7.17. The van der Waals surface area contributed by atoms with Crippen LogP contribution < -0.4 is 10.6 Å². The highest BCUT2D eigenvalue weighted by molar-refractivity contribution is 6.30. The van der Waals surface area contributed by atoms with Crippen molar-refractivity contribution < 1.29 is 9.72 Å². The van der Waals surface area contributed by atoms with Crippen LogP contribution in [0.2, 0.25) is 5.02 Å². The highest BCUT2D eigenvalue weighted by Gasteiger charge is 2.25. The lowest BCUT2D eigenvalue weighted by molar-refractivity contribution is -0.385. The van der Waals surface area contributed by atoms with E-state index in [0.717, 1.165) is 45.3 Å². The van der Waals surface area contributed by atoms with Gasteiger partial charge in [0.05, 0.1) is 11.0 Å². The number of carbonyl (C=O) groups is 1. The van der Waals surface area contributed by atoms with Crippen molar-refractivity contribution in [1.29, 1.82) is 0 Å². The summed E-state index contributed by atoms with van der Waals surface area (Å²) in [6, 6.07) is 4.64. The molecule has 8 heteroatoms. The maximum atomic E-state index is 12.1. The minimum atomic E-state index is -0.359. The van der Waals surface area contributed by atoms with E-state index < -0.39 is 0 Å². The van der Waals surface area contributed by atoms with Crippen molar-refractivity contribution >= 4 is 23.2 Å². The minimum Gasteiger partial charge on any atom is -0.354 e. The van der Waals surface area contributed by atoms with Gasteiger partial charge in [-0.15, -0.1) is 0 Å². The lowest BCUT2D eigenvalue weighted by atomic mass is 9.97. The topological polar surface area (TPSA) is 87.5 Å². The van der Waals surface area contributed by atoms with Crippen molar-refractivity contribution in [2.24, 2.45) is 5.92 Å². The quantitative estimate of drug-likeness (QED) is 0.584. The molecule has 0 bridgehead atoms. The molecule has 142 valence electrons. The number of benzene rings is 1. The number of nitro groups is 1. The molecule has 2 unspecified atom stereocenters. The Balaban J connectivity index is 1.54. The Morgan fingerprint density at radius 3 is 2.96 bits per heavy atom. The van der Waals surface area contributed by atoms with Crippen molar-refractivity contribution in [2.45, 2.75) is 38.3 Å². The van der Waals surface area contributed by atoms with E-state index in [0.29, 0.717) is 29.6 Å². The molecule has 2 atom stereocenters. The zero-order valence-electron chi connectivity index (χ0n) is 14.7. The predicted octanol–water partition coefficient (Wildman–Crippen LogP) is 2.33. The van der Waals surface area contributed by atoms with Gasteiger partial charge in [-0.1, -0.05) is 11.6 Å². The Morgan fingerprint density at radius 2 is 2.23 bits per heavy atom. The van der Waals surface area contributed by atoms with Crippen LogP contribution in [0.15, 0.2) is 18.2 Å². The van der Waals surface area contributed by atoms with Gasteiger partial charge in [-0.2, -0.15) is 0 Å². The van der Waals surface area contributed by atoms with E-state index in [-0.39, 0.29) is 22.6 Å². The summed E-state index contributed by atoms with van der Waals surface area (Å²) in [7, 11) is 0. The molecule has 1 aromatic carbocycles. The summed E-state index contributed by atoms with van der Waals surface area (Å²) in [4.78, 5) is 25.2. The van der Waals surface area contributed by atoms with Crippen molar-refractivity contribution in [1.82, 2.24) is 15.5 Å². The fraction of sp³-hybridized carbons (Fsp3) is 0.611. The van der Waals surface area contributed by atoms with Crippen LogP contribution in [-0.4, -0.2) is 48.0 Å². The first-order chi connectivity index (χ1) is 12.5. The van der Waals surface area contributed by atoms with E-state index in [1.165, 1.54) is 6.07 Å². The maximum Gasteiger partial charge on any atom is 0.273 e. The average molecular weight is 381 g/mol. The molecular formula is C18H25ClN4O3. The predicted molar refractivity (Wildman–Crippen MR) is 100 cm³/mol. The molecule has 7 nitrogen and oxygen atoms in total. The fourth-order valence-corrected chi connectivity index (χ4v) is 4.03. The van der Waals surface area contributed by atoms with E-state index in [2.05, 4.69) is 15.5 Å². The number of hydrogen-bond donors (Lipinski definition) is 2. The normalized spacial score (nSPS) is 23.7. The molecule has 3 rings (SSSR count). The lowest BCUT2D eigenvalue weighted by Gasteiger charge is -2.33. The second-order valence-corrected chi connectivity index (χ2v) is 7.60. The molecule has 2 fully saturated rings. The Kier molecular flexibility index (Phi) is 6.45. The molecule has 2 aliphatic heterocycles. The first kappa shape index (κ1) is 19.1. The number of hydrogen-bond acceptors (Lipinski definition) is 5. The van der Waals surface area contributed by atoms with Crippen molar-refractivity contribution in [2.75, 3.05) is 26.2 Å². The molecule has 26 heavy (non-hydrogen) atoms. The van der Waals surface area contributed by atoms with Gasteiger partial charge in [-0.3, -0.25) is 19.8 Å². The van der Waals surface area contributed by atoms with Gasteiger partial charge in [0, 0.05) is 36.3 Å². The van der Waals surface area contributed by atoms with Crippen molar-refractivity contribution in [3.05, 3.63) is 38.9 Å². The number of nitrogens with zero attached hydrogens (tertiary/aromatic N) is 2. The molecule has 2 saturated heterocycles. The van der Waals surface area contributed by atoms with E-state index >= 15 is 0 Å². The Labute approximate surface area is 158 Å². The van der Waals surface area contributed by atoms with Gasteiger partial charge in [0.15, 0.2) is 0 Å². The van der Waals surface area contributed by atoms with Crippen LogP contribution in [0.25, 0.3) is 0 Å². The fourth-order valence-electron chi connectivity index (χ4n) is 3.84. The number of rotatable bonds is 6. The summed E-state index contributed by atoms with van der Waals surface area (Å²) in [5.41, 5.74) is 0.750. The Bertz CT molecular complexity index is 664. The third-order valence-electron chi connectivity index (χ3n) is 5.18. The van der Waals surface area contributed by atoms with Gasteiger partial charge >= 0.3 is 0 Å². The SMILES string of the molecule is O=C(NCC1CCCN(Cc2cc(Cl)ccc2[N+](=O)[O-])C1)C1CCCN1. The van der Waals surface area contributed by atoms with Gasteiger partial charge in [0.2, 0.25) is 5.91 Å². The van der Waals surface area contributed by atoms with Crippen LogP contribution in [0.4, 0.5) is 5.69 Å². The summed E-state index contributed by atoms with van der Waals surface area (Å²) in [5.74, 6) is 0.456. The van der Waals surface area contributed by atoms with Gasteiger partial charge in [-0.25, -0.2) is 0 Å². The molecule has 2 aliphatic rings. The number of nitro benzene ring substituents is 1. The summed E-state index contributed by atoms with van der Waals surface area (Å²) in [6.45, 7) is 3.80. The first-order valence-electron chi connectivity index (χ1n) is 9.19. The number of amides is 1. The Hall–Kier alpha value is -1.70. The molecule has 0 aromatic heterocycles. The van der Waals surface area contributed by atoms with E-state index in [1.807, 2.05) is 0 Å². The first-order valence-corrected chi connectivity index (χ1v) is 9.57. The van der Waals surface area contributed by atoms with Crippen LogP contribution in [0, 0.1) is 16.0 Å². The van der Waals surface area contributed by atoms with Crippen molar-refractivity contribution in [3.8, 4) is 0 Å². The van der Waals surface area contributed by atoms with Gasteiger partial charge in [0.1, 0.15) is 0 Å². The summed E-state index contributed by atoms with van der Waals surface area (Å²) < 4.78 is 0. The minimum absolute atomic E-state index is 0.0520. The third kappa shape index (κ3) is 4.93. The molecule has 0 spiro atoms. The summed E-state index contributed by atoms with van der Waals surface area (Å²) in [6.07, 6.45) is 4.04. The number of piperidine rings is 1. The zero-order chi connectivity index (χ0) is 18.5. The molecule has 0 radical (unpaired) electrons.